The summed E-state index contributed by atoms with van der Waals surface area (Å²) in [6.45, 7) is 3.20. The number of amides is 2. The maximum absolute atomic E-state index is 13.1. The second-order valence-corrected chi connectivity index (χ2v) is 10.7. The molecule has 0 bridgehead atoms. The van der Waals surface area contributed by atoms with E-state index < -0.39 is 6.09 Å². The number of hydrogen-bond donors (Lipinski definition) is 2. The zero-order valence-corrected chi connectivity index (χ0v) is 22.3. The fourth-order valence-corrected chi connectivity index (χ4v) is 6.02. The molecule has 0 radical (unpaired) electrons. The van der Waals surface area contributed by atoms with Crippen molar-refractivity contribution in [2.24, 2.45) is 0 Å². The first-order chi connectivity index (χ1) is 18.4. The molecule has 2 amide bonds. The normalized spacial score (nSPS) is 18.9. The van der Waals surface area contributed by atoms with Crippen LogP contribution in [0.2, 0.25) is 0 Å². The van der Waals surface area contributed by atoms with E-state index in [0.29, 0.717) is 42.4 Å². The predicted molar refractivity (Wildman–Crippen MR) is 142 cm³/mol. The molecule has 11 heteroatoms. The Morgan fingerprint density at radius 2 is 2.00 bits per heavy atom. The van der Waals surface area contributed by atoms with Crippen LogP contribution in [0.1, 0.15) is 63.1 Å². The molecule has 200 valence electrons. The number of aryl methyl sites for hydroxylation is 2. The number of rotatable bonds is 6. The topological polar surface area (TPSA) is 127 Å². The lowest BCUT2D eigenvalue weighted by atomic mass is 9.92. The Morgan fingerprint density at radius 1 is 1.21 bits per heavy atom. The molecule has 1 aromatic carbocycles. The Balaban J connectivity index is 1.24. The predicted octanol–water partition coefficient (Wildman–Crippen LogP) is 3.35. The Bertz CT molecular complexity index is 1370. The van der Waals surface area contributed by atoms with Crippen LogP contribution in [0.25, 0.3) is 0 Å². The van der Waals surface area contributed by atoms with Crippen LogP contribution in [0.15, 0.2) is 35.1 Å². The first kappa shape index (κ1) is 25.9. The maximum Gasteiger partial charge on any atom is 0.409 e. The van der Waals surface area contributed by atoms with Gasteiger partial charge in [0.2, 0.25) is 0 Å². The first-order valence-corrected chi connectivity index (χ1v) is 13.6. The number of piperidine rings is 1. The van der Waals surface area contributed by atoms with Gasteiger partial charge in [-0.2, -0.15) is 5.10 Å². The molecule has 3 aromatic rings. The maximum atomic E-state index is 13.1. The minimum Gasteiger partial charge on any atom is -0.489 e. The van der Waals surface area contributed by atoms with Crippen LogP contribution in [0.4, 0.5) is 4.79 Å². The summed E-state index contributed by atoms with van der Waals surface area (Å²) in [5.41, 5.74) is 5.19. The molecule has 0 spiro atoms. The van der Waals surface area contributed by atoms with E-state index in [1.165, 1.54) is 36.8 Å². The zero-order chi connectivity index (χ0) is 26.6. The van der Waals surface area contributed by atoms with Gasteiger partial charge in [0, 0.05) is 36.1 Å². The summed E-state index contributed by atoms with van der Waals surface area (Å²) in [7, 11) is 1.33. The number of H-pyrrole nitrogens is 1. The number of aromatic nitrogens is 3. The van der Waals surface area contributed by atoms with Gasteiger partial charge in [-0.1, -0.05) is 11.3 Å². The molecule has 10 nitrogen and oxygen atoms in total. The van der Waals surface area contributed by atoms with Gasteiger partial charge in [-0.25, -0.2) is 9.89 Å². The summed E-state index contributed by atoms with van der Waals surface area (Å²) >= 11 is 0.984. The Labute approximate surface area is 224 Å². The Kier molecular flexibility index (Phi) is 7.73. The van der Waals surface area contributed by atoms with Crippen molar-refractivity contribution in [3.63, 3.8) is 0 Å². The Morgan fingerprint density at radius 3 is 2.74 bits per heavy atom. The third-order valence-corrected chi connectivity index (χ3v) is 8.05. The number of hydrogen-bond acceptors (Lipinski definition) is 8. The summed E-state index contributed by atoms with van der Waals surface area (Å²) in [5.74, 6) is 0.124. The molecule has 1 fully saturated rings. The largest absolute Gasteiger partial charge is 0.489 e. The van der Waals surface area contributed by atoms with Crippen LogP contribution in [0, 0.1) is 6.92 Å². The van der Waals surface area contributed by atoms with E-state index in [4.69, 9.17) is 14.5 Å². The number of carbonyl (C=O) groups excluding carboxylic acids is 2. The fourth-order valence-electron chi connectivity index (χ4n) is 5.26. The van der Waals surface area contributed by atoms with Gasteiger partial charge in [-0.15, -0.1) is 0 Å². The van der Waals surface area contributed by atoms with Crippen LogP contribution >= 0.6 is 11.3 Å². The standard InChI is InChI=1S/C27H31N5O5S/c1-16-13-18(20-5-3-4-6-22(20)28-16)15-37-19-9-7-17(8-10-19)24(33)29-23-11-12-32(27(35)36-2)14-21(23)25-30-31-26(34)38-25/h7-10,13,21,23H,3-6,11-12,14-15H2,1-2H3,(H,29,33)(H,31,34)/t21-,23+/m0/s1. The smallest absolute Gasteiger partial charge is 0.409 e. The number of nitrogens with one attached hydrogen (secondary N) is 2. The number of pyridine rings is 1. The van der Waals surface area contributed by atoms with E-state index in [1.807, 2.05) is 6.92 Å². The van der Waals surface area contributed by atoms with Gasteiger partial charge in [0.15, 0.2) is 0 Å². The average molecular weight is 538 g/mol. The monoisotopic (exact) mass is 537 g/mol. The molecule has 2 aromatic heterocycles. The second kappa shape index (κ2) is 11.3. The summed E-state index contributed by atoms with van der Waals surface area (Å²) in [5, 5.41) is 10.2. The molecule has 5 rings (SSSR count). The van der Waals surface area contributed by atoms with Crippen LogP contribution in [-0.4, -0.2) is 58.3 Å². The van der Waals surface area contributed by atoms with Crippen molar-refractivity contribution in [1.82, 2.24) is 25.4 Å². The molecule has 0 unspecified atom stereocenters. The number of fused-ring (bicyclic) bond motifs is 1. The quantitative estimate of drug-likeness (QED) is 0.494. The third kappa shape index (κ3) is 5.72. The van der Waals surface area contributed by atoms with Crippen molar-refractivity contribution in [3.05, 3.63) is 73.1 Å². The molecule has 1 saturated heterocycles. The van der Waals surface area contributed by atoms with Gasteiger partial charge in [-0.3, -0.25) is 14.6 Å². The van der Waals surface area contributed by atoms with Crippen LogP contribution < -0.4 is 14.9 Å². The number of ether oxygens (including phenoxy) is 2. The van der Waals surface area contributed by atoms with Gasteiger partial charge >= 0.3 is 11.0 Å². The molecule has 1 aliphatic heterocycles. The van der Waals surface area contributed by atoms with Crippen LogP contribution in [0.5, 0.6) is 5.75 Å². The van der Waals surface area contributed by atoms with Crippen LogP contribution in [-0.2, 0) is 24.2 Å². The van der Waals surface area contributed by atoms with E-state index in [1.54, 1.807) is 29.2 Å². The number of carbonyl (C=O) groups is 2. The number of aromatic amines is 1. The van der Waals surface area contributed by atoms with E-state index in [0.717, 1.165) is 29.9 Å². The van der Waals surface area contributed by atoms with Crippen molar-refractivity contribution in [1.29, 1.82) is 0 Å². The van der Waals surface area contributed by atoms with Gasteiger partial charge in [0.25, 0.3) is 5.91 Å². The summed E-state index contributed by atoms with van der Waals surface area (Å²) in [6.07, 6.45) is 4.48. The van der Waals surface area contributed by atoms with E-state index in [-0.39, 0.29) is 22.7 Å². The second-order valence-electron chi connectivity index (χ2n) is 9.71. The molecular formula is C27H31N5O5S. The van der Waals surface area contributed by atoms with Crippen molar-refractivity contribution in [2.75, 3.05) is 20.2 Å². The SMILES string of the molecule is COC(=O)N1CC[C@@H](NC(=O)c2ccc(OCc3cc(C)nc4c3CCCC4)cc2)[C@@H](c2n[nH]c(=O)s2)C1. The molecule has 2 N–H and O–H groups in total. The van der Waals surface area contributed by atoms with Crippen molar-refractivity contribution >= 4 is 23.3 Å². The number of benzene rings is 1. The van der Waals surface area contributed by atoms with Gasteiger partial charge in [0.1, 0.15) is 17.4 Å². The molecule has 38 heavy (non-hydrogen) atoms. The Hall–Kier alpha value is -3.73. The molecular weight excluding hydrogens is 506 g/mol. The van der Waals surface area contributed by atoms with Crippen molar-refractivity contribution in [3.8, 4) is 5.75 Å². The minimum absolute atomic E-state index is 0.236. The van der Waals surface area contributed by atoms with Crippen LogP contribution in [0.3, 0.4) is 0 Å². The zero-order valence-electron chi connectivity index (χ0n) is 21.5. The van der Waals surface area contributed by atoms with Gasteiger partial charge in [0.05, 0.1) is 13.0 Å². The third-order valence-electron chi connectivity index (χ3n) is 7.17. The summed E-state index contributed by atoms with van der Waals surface area (Å²) in [4.78, 5) is 42.9. The highest BCUT2D eigenvalue weighted by atomic mass is 32.1. The lowest BCUT2D eigenvalue weighted by Crippen LogP contribution is -2.51. The molecule has 2 aliphatic rings. The van der Waals surface area contributed by atoms with Gasteiger partial charge in [-0.05, 0) is 80.5 Å². The first-order valence-electron chi connectivity index (χ1n) is 12.8. The van der Waals surface area contributed by atoms with E-state index >= 15 is 0 Å². The molecule has 2 atom stereocenters. The summed E-state index contributed by atoms with van der Waals surface area (Å²) in [6, 6.07) is 8.88. The van der Waals surface area contributed by atoms with E-state index in [9.17, 15) is 14.4 Å². The molecule has 3 heterocycles. The highest BCUT2D eigenvalue weighted by molar-refractivity contribution is 7.08. The lowest BCUT2D eigenvalue weighted by molar-refractivity contribution is 0.0863. The minimum atomic E-state index is -0.444. The van der Waals surface area contributed by atoms with E-state index in [2.05, 4.69) is 21.6 Å². The highest BCUT2D eigenvalue weighted by Gasteiger charge is 2.36. The number of likely N-dealkylation sites (tertiary alicyclic amines) is 1. The number of methoxy groups -OCH3 is 1. The average Bonchev–Trinajstić information content (AvgIpc) is 3.37. The van der Waals surface area contributed by atoms with Crippen molar-refractivity contribution in [2.45, 2.75) is 57.6 Å². The fraction of sp³-hybridized carbons (Fsp3) is 0.444. The van der Waals surface area contributed by atoms with Gasteiger partial charge < -0.3 is 19.7 Å². The molecule has 0 saturated carbocycles. The number of nitrogens with zero attached hydrogens (tertiary/aromatic N) is 3. The lowest BCUT2D eigenvalue weighted by Gasteiger charge is -2.37. The highest BCUT2D eigenvalue weighted by Crippen LogP contribution is 2.29. The molecule has 1 aliphatic carbocycles. The summed E-state index contributed by atoms with van der Waals surface area (Å²) < 4.78 is 10.9. The van der Waals surface area contributed by atoms with Crippen molar-refractivity contribution < 1.29 is 19.1 Å².